The molecule has 4 fully saturated rings. The second kappa shape index (κ2) is 12.2. The summed E-state index contributed by atoms with van der Waals surface area (Å²) in [5.74, 6) is 1.72. The Balaban J connectivity index is 1.10. The first-order valence-corrected chi connectivity index (χ1v) is 17.1. The van der Waals surface area contributed by atoms with Gasteiger partial charge in [-0.1, -0.05) is 26.8 Å². The van der Waals surface area contributed by atoms with E-state index in [1.807, 2.05) is 13.0 Å². The van der Waals surface area contributed by atoms with Crippen LogP contribution in [0.4, 0.5) is 5.69 Å². The summed E-state index contributed by atoms with van der Waals surface area (Å²) in [7, 11) is 0. The molecule has 10 nitrogen and oxygen atoms in total. The monoisotopic (exact) mass is 622 g/mol. The molecule has 10 heteroatoms. The Hall–Kier alpha value is -3.17. The number of nitrogens with one attached hydrogen (secondary N) is 2. The van der Waals surface area contributed by atoms with Crippen molar-refractivity contribution < 1.29 is 29.2 Å². The van der Waals surface area contributed by atoms with Crippen molar-refractivity contribution in [3.63, 3.8) is 0 Å². The molecule has 2 aromatic rings. The number of fused-ring (bicyclic) bond motifs is 6. The average molecular weight is 623 g/mol. The van der Waals surface area contributed by atoms with Gasteiger partial charge in [0.15, 0.2) is 5.52 Å². The molecule has 45 heavy (non-hydrogen) atoms. The van der Waals surface area contributed by atoms with Gasteiger partial charge in [0.05, 0.1) is 12.1 Å². The Morgan fingerprint density at radius 1 is 0.956 bits per heavy atom. The van der Waals surface area contributed by atoms with Crippen LogP contribution in [0.2, 0.25) is 0 Å². The van der Waals surface area contributed by atoms with Crippen LogP contribution in [0.25, 0.3) is 11.0 Å². The number of nitrogens with zero attached hydrogens (tertiary/aromatic N) is 2. The molecule has 4 aliphatic carbocycles. The maximum atomic E-state index is 13.6. The average Bonchev–Trinajstić information content (AvgIpc) is 3.62. The fraction of sp³-hybridized carbons (Fsp3) is 0.743. The topological polar surface area (TPSA) is 155 Å². The van der Waals surface area contributed by atoms with Crippen molar-refractivity contribution in [1.29, 1.82) is 0 Å². The van der Waals surface area contributed by atoms with Gasteiger partial charge in [-0.3, -0.25) is 14.4 Å². The number of carboxylic acids is 2. The van der Waals surface area contributed by atoms with Crippen molar-refractivity contribution in [3.05, 3.63) is 17.7 Å². The van der Waals surface area contributed by atoms with Gasteiger partial charge in [-0.15, -0.1) is 0 Å². The number of carboxylic acid groups (broad SMARTS) is 2. The number of aryl methyl sites for hydroxylation is 1. The Morgan fingerprint density at radius 3 is 2.44 bits per heavy atom. The highest BCUT2D eigenvalue weighted by Crippen LogP contribution is 2.68. The van der Waals surface area contributed by atoms with E-state index in [1.165, 1.54) is 38.5 Å². The summed E-state index contributed by atoms with van der Waals surface area (Å²) in [5, 5.41) is 33.2. The van der Waals surface area contributed by atoms with Gasteiger partial charge in [-0.2, -0.15) is 0 Å². The fourth-order valence-electron chi connectivity index (χ4n) is 10.9. The van der Waals surface area contributed by atoms with Gasteiger partial charge >= 0.3 is 11.9 Å². The normalized spacial score (nSPS) is 35.5. The van der Waals surface area contributed by atoms with Crippen molar-refractivity contribution in [2.24, 2.45) is 46.3 Å². The minimum absolute atomic E-state index is 0.0248. The molecule has 1 heterocycles. The number of aromatic nitrogens is 2. The summed E-state index contributed by atoms with van der Waals surface area (Å²) in [6, 6.07) is 2.71. The van der Waals surface area contributed by atoms with Crippen molar-refractivity contribution >= 4 is 34.6 Å². The lowest BCUT2D eigenvalue weighted by Crippen LogP contribution is -2.56. The van der Waals surface area contributed by atoms with Gasteiger partial charge in [-0.25, -0.2) is 4.63 Å². The van der Waals surface area contributed by atoms with Crippen LogP contribution in [0.3, 0.4) is 0 Å². The number of anilines is 1. The van der Waals surface area contributed by atoms with E-state index in [4.69, 9.17) is 4.63 Å². The maximum absolute atomic E-state index is 13.6. The Bertz CT molecular complexity index is 1440. The number of rotatable bonds is 10. The van der Waals surface area contributed by atoms with Gasteiger partial charge in [0, 0.05) is 12.5 Å². The second-order valence-electron chi connectivity index (χ2n) is 15.5. The summed E-state index contributed by atoms with van der Waals surface area (Å²) in [4.78, 5) is 36.6. The minimum Gasteiger partial charge on any atom is -0.481 e. The third-order valence-electron chi connectivity index (χ3n) is 13.2. The molecule has 0 radical (unpaired) electrons. The zero-order valence-electron chi connectivity index (χ0n) is 27.2. The molecular formula is C35H50N4O6. The number of aliphatic carboxylic acids is 2. The number of hydrogen-bond acceptors (Lipinski definition) is 7. The SMILES string of the molecule is Cc1ccc(N[C@@H](CC(=O)O)C(=O)N[C@@H]2CC[C@]3(C)C4CC[C@@]5(C)C(CCC5[C@H](C)CCC(=O)O)C4CC[C@@H]3C2)c2nonc12. The van der Waals surface area contributed by atoms with E-state index in [-0.39, 0.29) is 30.2 Å². The lowest BCUT2D eigenvalue weighted by molar-refractivity contribution is -0.140. The molecule has 4 aliphatic rings. The number of carbonyl (C=O) groups excluding carboxylic acids is 1. The summed E-state index contributed by atoms with van der Waals surface area (Å²) < 4.78 is 4.91. The first kappa shape index (κ1) is 31.8. The van der Waals surface area contributed by atoms with Gasteiger partial charge in [0.25, 0.3) is 0 Å². The smallest absolute Gasteiger partial charge is 0.305 e. The quantitative estimate of drug-likeness (QED) is 0.235. The van der Waals surface area contributed by atoms with Crippen molar-refractivity contribution in [2.75, 3.05) is 5.32 Å². The number of benzene rings is 1. The molecule has 10 atom stereocenters. The zero-order valence-corrected chi connectivity index (χ0v) is 27.2. The molecular weight excluding hydrogens is 572 g/mol. The summed E-state index contributed by atoms with van der Waals surface area (Å²) in [6.07, 6.45) is 11.0. The molecule has 1 aromatic heterocycles. The van der Waals surface area contributed by atoms with Crippen molar-refractivity contribution in [3.8, 4) is 0 Å². The first-order chi connectivity index (χ1) is 21.4. The number of carbonyl (C=O) groups is 3. The predicted molar refractivity (Wildman–Crippen MR) is 169 cm³/mol. The lowest BCUT2D eigenvalue weighted by Gasteiger charge is -2.61. The van der Waals surface area contributed by atoms with E-state index in [0.29, 0.717) is 45.8 Å². The van der Waals surface area contributed by atoms with E-state index in [0.717, 1.165) is 43.1 Å². The van der Waals surface area contributed by atoms with Gasteiger partial charge < -0.3 is 20.8 Å². The molecule has 0 bridgehead atoms. The standard InChI is InChI=1S/C35H50N4O6/c1-19(6-12-29(40)41)24-9-10-25-23-8-7-21-17-22(13-15-34(21,3)26(23)14-16-35(24,25)4)36-33(44)28(18-30(42)43)37-27-11-5-20(2)31-32(27)39-45-38-31/h5,11,19,21-26,28,37H,6-10,12-18H2,1-4H3,(H,36,44)(H,40,41)(H,42,43)/t19-,21-,22-,23?,24?,25?,26?,28+,34+,35-/m1/s1. The Kier molecular flexibility index (Phi) is 8.63. The van der Waals surface area contributed by atoms with Gasteiger partial charge in [-0.05, 0) is 139 Å². The molecule has 1 amide bonds. The molecule has 0 aliphatic heterocycles. The molecule has 4 N–H and O–H groups in total. The van der Waals surface area contributed by atoms with Crippen molar-refractivity contribution in [1.82, 2.24) is 15.6 Å². The molecule has 4 saturated carbocycles. The predicted octanol–water partition coefficient (Wildman–Crippen LogP) is 6.43. The van der Waals surface area contributed by atoms with Crippen LogP contribution in [0, 0.1) is 53.3 Å². The Labute approximate surface area is 265 Å². The van der Waals surface area contributed by atoms with Crippen LogP contribution in [0.15, 0.2) is 16.8 Å². The van der Waals surface area contributed by atoms with E-state index >= 15 is 0 Å². The van der Waals surface area contributed by atoms with E-state index in [2.05, 4.69) is 41.7 Å². The van der Waals surface area contributed by atoms with Gasteiger partial charge in [0.2, 0.25) is 5.91 Å². The zero-order chi connectivity index (χ0) is 32.1. The van der Waals surface area contributed by atoms with Crippen LogP contribution in [0.1, 0.15) is 103 Å². The van der Waals surface area contributed by atoms with Crippen LogP contribution in [-0.4, -0.2) is 50.5 Å². The van der Waals surface area contributed by atoms with Crippen LogP contribution in [0.5, 0.6) is 0 Å². The highest BCUT2D eigenvalue weighted by Gasteiger charge is 2.60. The minimum atomic E-state index is -1.05. The van der Waals surface area contributed by atoms with E-state index in [9.17, 15) is 24.6 Å². The maximum Gasteiger partial charge on any atom is 0.305 e. The molecule has 0 spiro atoms. The van der Waals surface area contributed by atoms with Crippen molar-refractivity contribution in [2.45, 2.75) is 117 Å². The molecule has 6 rings (SSSR count). The van der Waals surface area contributed by atoms with Crippen LogP contribution in [-0.2, 0) is 14.4 Å². The van der Waals surface area contributed by atoms with Gasteiger partial charge in [0.1, 0.15) is 11.6 Å². The second-order valence-corrected chi connectivity index (χ2v) is 15.5. The lowest BCUT2D eigenvalue weighted by atomic mass is 9.44. The number of hydrogen-bond donors (Lipinski definition) is 4. The summed E-state index contributed by atoms with van der Waals surface area (Å²) in [6.45, 7) is 9.21. The third kappa shape index (κ3) is 5.82. The summed E-state index contributed by atoms with van der Waals surface area (Å²) >= 11 is 0. The fourth-order valence-corrected chi connectivity index (χ4v) is 10.9. The van der Waals surface area contributed by atoms with Crippen LogP contribution >= 0.6 is 0 Å². The number of amides is 1. The van der Waals surface area contributed by atoms with E-state index in [1.54, 1.807) is 6.07 Å². The largest absolute Gasteiger partial charge is 0.481 e. The van der Waals surface area contributed by atoms with E-state index < -0.39 is 18.0 Å². The highest BCUT2D eigenvalue weighted by molar-refractivity contribution is 5.94. The molecule has 4 unspecified atom stereocenters. The Morgan fingerprint density at radius 2 is 1.69 bits per heavy atom. The summed E-state index contributed by atoms with van der Waals surface area (Å²) in [5.41, 5.74) is 3.05. The molecule has 1 aromatic carbocycles. The molecule has 0 saturated heterocycles. The third-order valence-corrected chi connectivity index (χ3v) is 13.2. The molecule has 246 valence electrons. The van der Waals surface area contributed by atoms with Crippen LogP contribution < -0.4 is 10.6 Å². The highest BCUT2D eigenvalue weighted by atomic mass is 16.6. The first-order valence-electron chi connectivity index (χ1n) is 17.1.